The van der Waals surface area contributed by atoms with Gasteiger partial charge in [0.15, 0.2) is 5.76 Å². The van der Waals surface area contributed by atoms with Crippen molar-refractivity contribution in [3.63, 3.8) is 0 Å². The third-order valence-corrected chi connectivity index (χ3v) is 4.28. The van der Waals surface area contributed by atoms with Crippen molar-refractivity contribution in [2.75, 3.05) is 7.11 Å². The summed E-state index contributed by atoms with van der Waals surface area (Å²) in [5, 5.41) is 6.97. The molecule has 0 unspecified atom stereocenters. The summed E-state index contributed by atoms with van der Waals surface area (Å²) in [4.78, 5) is 16.8. The van der Waals surface area contributed by atoms with Crippen LogP contribution in [0.3, 0.4) is 0 Å². The van der Waals surface area contributed by atoms with Gasteiger partial charge in [-0.15, -0.1) is 0 Å². The van der Waals surface area contributed by atoms with Crippen LogP contribution in [0.25, 0.3) is 11.4 Å². The number of methoxy groups -OCH3 is 1. The maximum absolute atomic E-state index is 12.4. The normalized spacial score (nSPS) is 13.2. The van der Waals surface area contributed by atoms with Gasteiger partial charge in [-0.25, -0.2) is 0 Å². The number of amides is 1. The van der Waals surface area contributed by atoms with Crippen molar-refractivity contribution < 1.29 is 18.5 Å². The van der Waals surface area contributed by atoms with Crippen molar-refractivity contribution in [2.45, 2.75) is 26.3 Å². The first-order chi connectivity index (χ1) is 12.6. The highest BCUT2D eigenvalue weighted by molar-refractivity contribution is 5.91. The fourth-order valence-corrected chi connectivity index (χ4v) is 2.54. The summed E-state index contributed by atoms with van der Waals surface area (Å²) in [7, 11) is 1.60. The smallest absolute Gasteiger partial charge is 0.287 e. The standard InChI is InChI=1S/C19H21N3O4/c1-4-12(2)16(20-18(23)15-9-6-10-25-15)19-21-17(22-26-19)13-7-5-8-14(11-13)24-3/h5-12,16H,4H2,1-3H3,(H,20,23)/t12-,16-/m0/s1. The molecule has 0 fully saturated rings. The van der Waals surface area contributed by atoms with Crippen molar-refractivity contribution in [1.29, 1.82) is 0 Å². The van der Waals surface area contributed by atoms with Gasteiger partial charge in [0.05, 0.1) is 13.4 Å². The molecule has 1 N–H and O–H groups in total. The number of benzene rings is 1. The molecule has 0 aliphatic heterocycles. The number of furan rings is 1. The van der Waals surface area contributed by atoms with Crippen molar-refractivity contribution in [1.82, 2.24) is 15.5 Å². The zero-order chi connectivity index (χ0) is 18.5. The molecule has 2 aromatic heterocycles. The summed E-state index contributed by atoms with van der Waals surface area (Å²) in [5.41, 5.74) is 0.777. The Hall–Kier alpha value is -3.09. The molecule has 0 saturated heterocycles. The van der Waals surface area contributed by atoms with Gasteiger partial charge in [-0.2, -0.15) is 4.98 Å². The summed E-state index contributed by atoms with van der Waals surface area (Å²) in [6.07, 6.45) is 2.29. The Morgan fingerprint density at radius 1 is 1.31 bits per heavy atom. The molecule has 0 spiro atoms. The molecule has 2 heterocycles. The molecule has 3 rings (SSSR count). The van der Waals surface area contributed by atoms with E-state index in [0.29, 0.717) is 17.5 Å². The molecule has 0 radical (unpaired) electrons. The molecule has 3 aromatic rings. The van der Waals surface area contributed by atoms with E-state index in [2.05, 4.69) is 15.5 Å². The number of hydrogen-bond acceptors (Lipinski definition) is 6. The van der Waals surface area contributed by atoms with Crippen LogP contribution < -0.4 is 10.1 Å². The number of carbonyl (C=O) groups is 1. The van der Waals surface area contributed by atoms with Crippen LogP contribution in [0.1, 0.15) is 42.8 Å². The second kappa shape index (κ2) is 7.86. The van der Waals surface area contributed by atoms with E-state index < -0.39 is 6.04 Å². The molecule has 136 valence electrons. The number of nitrogens with one attached hydrogen (secondary N) is 1. The Morgan fingerprint density at radius 2 is 2.15 bits per heavy atom. The van der Waals surface area contributed by atoms with E-state index in [1.807, 2.05) is 38.1 Å². The number of aromatic nitrogens is 2. The number of carbonyl (C=O) groups excluding carboxylic acids is 1. The van der Waals surface area contributed by atoms with E-state index in [1.165, 1.54) is 6.26 Å². The second-order valence-electron chi connectivity index (χ2n) is 6.00. The summed E-state index contributed by atoms with van der Waals surface area (Å²) >= 11 is 0. The van der Waals surface area contributed by atoms with Crippen LogP contribution in [0.5, 0.6) is 5.75 Å². The zero-order valence-corrected chi connectivity index (χ0v) is 14.9. The van der Waals surface area contributed by atoms with Crippen LogP contribution in [0.4, 0.5) is 0 Å². The van der Waals surface area contributed by atoms with Gasteiger partial charge in [-0.05, 0) is 30.2 Å². The molecule has 1 amide bonds. The highest BCUT2D eigenvalue weighted by Gasteiger charge is 2.27. The average molecular weight is 355 g/mol. The van der Waals surface area contributed by atoms with E-state index in [-0.39, 0.29) is 17.6 Å². The quantitative estimate of drug-likeness (QED) is 0.692. The summed E-state index contributed by atoms with van der Waals surface area (Å²) in [5.74, 6) is 1.54. The van der Waals surface area contributed by atoms with Gasteiger partial charge in [0.25, 0.3) is 5.91 Å². The average Bonchev–Trinajstić information content (AvgIpc) is 3.37. The minimum Gasteiger partial charge on any atom is -0.497 e. The molecule has 0 saturated carbocycles. The summed E-state index contributed by atoms with van der Waals surface area (Å²) in [6, 6.07) is 10.3. The highest BCUT2D eigenvalue weighted by atomic mass is 16.5. The van der Waals surface area contributed by atoms with Crippen LogP contribution in [-0.2, 0) is 0 Å². The lowest BCUT2D eigenvalue weighted by atomic mass is 9.99. The van der Waals surface area contributed by atoms with E-state index in [4.69, 9.17) is 13.7 Å². The van der Waals surface area contributed by atoms with Gasteiger partial charge >= 0.3 is 0 Å². The van der Waals surface area contributed by atoms with Crippen LogP contribution in [0, 0.1) is 5.92 Å². The number of nitrogens with zero attached hydrogens (tertiary/aromatic N) is 2. The SMILES string of the molecule is CC[C@H](C)[C@H](NC(=O)c1ccco1)c1nc(-c2cccc(OC)c2)no1. The number of ether oxygens (including phenoxy) is 1. The molecule has 0 bridgehead atoms. The summed E-state index contributed by atoms with van der Waals surface area (Å²) in [6.45, 7) is 4.05. The summed E-state index contributed by atoms with van der Waals surface area (Å²) < 4.78 is 15.8. The molecule has 26 heavy (non-hydrogen) atoms. The predicted molar refractivity (Wildman–Crippen MR) is 94.7 cm³/mol. The van der Waals surface area contributed by atoms with Crippen LogP contribution >= 0.6 is 0 Å². The van der Waals surface area contributed by atoms with Gasteiger partial charge in [-0.1, -0.05) is 37.6 Å². The lowest BCUT2D eigenvalue weighted by molar-refractivity contribution is 0.0882. The predicted octanol–water partition coefficient (Wildman–Crippen LogP) is 3.86. The van der Waals surface area contributed by atoms with E-state index in [1.54, 1.807) is 19.2 Å². The molecule has 1 aromatic carbocycles. The third-order valence-electron chi connectivity index (χ3n) is 4.28. The Balaban J connectivity index is 1.85. The highest BCUT2D eigenvalue weighted by Crippen LogP contribution is 2.27. The Morgan fingerprint density at radius 3 is 2.85 bits per heavy atom. The van der Waals surface area contributed by atoms with E-state index >= 15 is 0 Å². The van der Waals surface area contributed by atoms with Gasteiger partial charge in [0.1, 0.15) is 11.8 Å². The Bertz CT molecular complexity index is 857. The van der Waals surface area contributed by atoms with Gasteiger partial charge in [0, 0.05) is 5.56 Å². The van der Waals surface area contributed by atoms with Gasteiger partial charge < -0.3 is 19.0 Å². The lowest BCUT2D eigenvalue weighted by Gasteiger charge is -2.20. The first-order valence-electron chi connectivity index (χ1n) is 8.44. The monoisotopic (exact) mass is 355 g/mol. The van der Waals surface area contributed by atoms with Crippen molar-refractivity contribution in [3.8, 4) is 17.1 Å². The molecule has 2 atom stereocenters. The first-order valence-corrected chi connectivity index (χ1v) is 8.44. The lowest BCUT2D eigenvalue weighted by Crippen LogP contribution is -2.32. The molecular weight excluding hydrogens is 334 g/mol. The van der Waals surface area contributed by atoms with Crippen LogP contribution in [0.15, 0.2) is 51.6 Å². The largest absolute Gasteiger partial charge is 0.497 e. The second-order valence-corrected chi connectivity index (χ2v) is 6.00. The van der Waals surface area contributed by atoms with Crippen LogP contribution in [0.2, 0.25) is 0 Å². The molecule has 0 aliphatic carbocycles. The Kier molecular flexibility index (Phi) is 5.36. The first kappa shape index (κ1) is 17.7. The minimum atomic E-state index is -0.413. The van der Waals surface area contributed by atoms with E-state index in [9.17, 15) is 4.79 Å². The Labute approximate surface area is 151 Å². The number of rotatable bonds is 7. The van der Waals surface area contributed by atoms with Crippen molar-refractivity contribution in [3.05, 3.63) is 54.3 Å². The zero-order valence-electron chi connectivity index (χ0n) is 14.9. The van der Waals surface area contributed by atoms with E-state index in [0.717, 1.165) is 12.0 Å². The van der Waals surface area contributed by atoms with Gasteiger partial charge in [-0.3, -0.25) is 4.79 Å². The fraction of sp³-hybridized carbons (Fsp3) is 0.316. The third kappa shape index (κ3) is 3.77. The maximum atomic E-state index is 12.4. The number of hydrogen-bond donors (Lipinski definition) is 1. The van der Waals surface area contributed by atoms with Crippen LogP contribution in [-0.4, -0.2) is 23.2 Å². The van der Waals surface area contributed by atoms with Crippen molar-refractivity contribution >= 4 is 5.91 Å². The van der Waals surface area contributed by atoms with Gasteiger partial charge in [0.2, 0.25) is 11.7 Å². The van der Waals surface area contributed by atoms with Crippen molar-refractivity contribution in [2.24, 2.45) is 5.92 Å². The topological polar surface area (TPSA) is 90.4 Å². The molecule has 7 heteroatoms. The minimum absolute atomic E-state index is 0.104. The molecule has 7 nitrogen and oxygen atoms in total. The maximum Gasteiger partial charge on any atom is 0.287 e. The molecule has 0 aliphatic rings. The fourth-order valence-electron chi connectivity index (χ4n) is 2.54. The molecular formula is C19H21N3O4.